The number of carbonyl (C=O) groups is 1. The average Bonchev–Trinajstić information content (AvgIpc) is 3.17. The molecule has 3 aromatic rings. The molecule has 7 nitrogen and oxygen atoms in total. The molecule has 0 saturated heterocycles. The topological polar surface area (TPSA) is 94.1 Å². The first kappa shape index (κ1) is 21.1. The van der Waals surface area contributed by atoms with Crippen molar-refractivity contribution in [3.05, 3.63) is 71.3 Å². The monoisotopic (exact) mass is 447 g/mol. The number of hydrogen-bond donors (Lipinski definition) is 1. The van der Waals surface area contributed by atoms with Crippen LogP contribution >= 0.6 is 0 Å². The molecule has 1 aromatic carbocycles. The molecular weight excluding hydrogens is 431 g/mol. The van der Waals surface area contributed by atoms with Gasteiger partial charge in [0.1, 0.15) is 11.9 Å². The summed E-state index contributed by atoms with van der Waals surface area (Å²) in [6.07, 6.45) is 0.0997. The molecule has 1 aliphatic heterocycles. The maximum atomic E-state index is 12.9. The fourth-order valence-electron chi connectivity index (χ4n) is 3.16. The van der Waals surface area contributed by atoms with E-state index in [1.54, 1.807) is 18.3 Å². The van der Waals surface area contributed by atoms with Crippen LogP contribution in [0.5, 0.6) is 0 Å². The van der Waals surface area contributed by atoms with Gasteiger partial charge in [0.25, 0.3) is 5.91 Å². The largest absolute Gasteiger partial charge is 0.609 e. The number of carbonyl (C=O) groups excluding carboxylic acids is 1. The summed E-state index contributed by atoms with van der Waals surface area (Å²) >= 11 is -1.29. The van der Waals surface area contributed by atoms with Gasteiger partial charge in [-0.05, 0) is 30.3 Å². The number of nitrogens with one attached hydrogen (secondary N) is 1. The van der Waals surface area contributed by atoms with E-state index >= 15 is 0 Å². The Balaban J connectivity index is 1.51. The number of fused-ring (bicyclic) bond motifs is 1. The smallest absolute Gasteiger partial charge is 0.416 e. The second-order valence-corrected chi connectivity index (χ2v) is 8.14. The zero-order valence-electron chi connectivity index (χ0n) is 16.2. The number of anilines is 2. The lowest BCUT2D eigenvalue weighted by atomic mass is 10.2. The molecule has 1 atom stereocenters. The van der Waals surface area contributed by atoms with E-state index in [2.05, 4.69) is 20.3 Å². The molecule has 0 spiro atoms. The van der Waals surface area contributed by atoms with Gasteiger partial charge in [-0.15, -0.1) is 0 Å². The molecule has 0 saturated carbocycles. The standard InChI is InChI=1S/C20H16F3N5O2S/c1-31(30)19-25-9-12-10-28(11-17(12)27-19)15-5-6-24-16(8-15)18(29)26-14-4-2-3-13(7-14)20(21,22)23/h2-9H,10-11H2,1H3,(H,26,29). The zero-order valence-corrected chi connectivity index (χ0v) is 17.0. The lowest BCUT2D eigenvalue weighted by molar-refractivity contribution is -0.137. The lowest BCUT2D eigenvalue weighted by Gasteiger charge is -2.17. The number of alkyl halides is 3. The van der Waals surface area contributed by atoms with Crippen molar-refractivity contribution in [1.29, 1.82) is 0 Å². The van der Waals surface area contributed by atoms with Crippen LogP contribution < -0.4 is 10.2 Å². The molecule has 2 aromatic heterocycles. The van der Waals surface area contributed by atoms with Gasteiger partial charge in [-0.2, -0.15) is 23.1 Å². The van der Waals surface area contributed by atoms with E-state index in [-0.39, 0.29) is 16.5 Å². The van der Waals surface area contributed by atoms with Crippen molar-refractivity contribution in [2.45, 2.75) is 24.4 Å². The number of pyridine rings is 1. The number of nitrogens with zero attached hydrogens (tertiary/aromatic N) is 4. The van der Waals surface area contributed by atoms with Crippen molar-refractivity contribution in [3.63, 3.8) is 0 Å². The van der Waals surface area contributed by atoms with E-state index in [0.717, 1.165) is 23.4 Å². The fourth-order valence-corrected chi connectivity index (χ4v) is 3.60. The third-order valence-electron chi connectivity index (χ3n) is 4.68. The summed E-state index contributed by atoms with van der Waals surface area (Å²) in [5, 5.41) is 2.71. The first-order chi connectivity index (χ1) is 14.7. The fraction of sp³-hybridized carbons (Fsp3) is 0.200. The Morgan fingerprint density at radius 2 is 2.00 bits per heavy atom. The minimum Gasteiger partial charge on any atom is -0.609 e. The summed E-state index contributed by atoms with van der Waals surface area (Å²) in [6, 6.07) is 7.68. The maximum absolute atomic E-state index is 12.9. The number of rotatable bonds is 4. The Morgan fingerprint density at radius 3 is 2.74 bits per heavy atom. The third kappa shape index (κ3) is 4.62. The molecule has 0 radical (unpaired) electrons. The Hall–Kier alpha value is -3.18. The van der Waals surface area contributed by atoms with Crippen molar-refractivity contribution in [2.75, 3.05) is 16.5 Å². The van der Waals surface area contributed by atoms with Gasteiger partial charge < -0.3 is 14.8 Å². The van der Waals surface area contributed by atoms with Crippen molar-refractivity contribution in [1.82, 2.24) is 15.0 Å². The van der Waals surface area contributed by atoms with E-state index < -0.39 is 28.8 Å². The van der Waals surface area contributed by atoms with Gasteiger partial charge in [0.2, 0.25) is 0 Å². The third-order valence-corrected chi connectivity index (χ3v) is 5.39. The summed E-state index contributed by atoms with van der Waals surface area (Å²) in [6.45, 7) is 0.950. The molecule has 160 valence electrons. The molecule has 0 fully saturated rings. The Morgan fingerprint density at radius 1 is 1.19 bits per heavy atom. The molecule has 1 aliphatic rings. The average molecular weight is 447 g/mol. The van der Waals surface area contributed by atoms with E-state index in [4.69, 9.17) is 0 Å². The molecule has 1 N–H and O–H groups in total. The summed E-state index contributed by atoms with van der Waals surface area (Å²) in [4.78, 5) is 27.0. The highest BCUT2D eigenvalue weighted by atomic mass is 32.2. The van der Waals surface area contributed by atoms with Crippen LogP contribution in [0.25, 0.3) is 0 Å². The van der Waals surface area contributed by atoms with Gasteiger partial charge in [0, 0.05) is 47.1 Å². The Bertz CT molecular complexity index is 1140. The lowest BCUT2D eigenvalue weighted by Crippen LogP contribution is -2.18. The number of aromatic nitrogens is 3. The zero-order chi connectivity index (χ0) is 22.2. The summed E-state index contributed by atoms with van der Waals surface area (Å²) in [5.41, 5.74) is 1.58. The van der Waals surface area contributed by atoms with Crippen LogP contribution in [0.15, 0.2) is 53.9 Å². The van der Waals surface area contributed by atoms with Crippen LogP contribution in [-0.4, -0.2) is 31.7 Å². The molecule has 11 heteroatoms. The normalized spacial score (nSPS) is 14.3. The van der Waals surface area contributed by atoms with Gasteiger partial charge in [-0.3, -0.25) is 9.78 Å². The summed E-state index contributed by atoms with van der Waals surface area (Å²) < 4.78 is 50.2. The van der Waals surface area contributed by atoms with Gasteiger partial charge in [0.15, 0.2) is 0 Å². The number of hydrogen-bond acceptors (Lipinski definition) is 6. The summed E-state index contributed by atoms with van der Waals surface area (Å²) in [7, 11) is 0. The van der Waals surface area contributed by atoms with Crippen LogP contribution in [-0.2, 0) is 30.4 Å². The van der Waals surface area contributed by atoms with Crippen LogP contribution in [0.3, 0.4) is 0 Å². The van der Waals surface area contributed by atoms with Crippen LogP contribution in [0.1, 0.15) is 27.3 Å². The quantitative estimate of drug-likeness (QED) is 0.487. The maximum Gasteiger partial charge on any atom is 0.416 e. The van der Waals surface area contributed by atoms with E-state index in [1.165, 1.54) is 24.6 Å². The van der Waals surface area contributed by atoms with Crippen LogP contribution in [0.4, 0.5) is 24.5 Å². The molecule has 1 amide bonds. The van der Waals surface area contributed by atoms with Gasteiger partial charge in [-0.25, -0.2) is 0 Å². The van der Waals surface area contributed by atoms with Crippen molar-refractivity contribution < 1.29 is 22.5 Å². The van der Waals surface area contributed by atoms with E-state index in [1.807, 2.05) is 4.90 Å². The Labute approximate surface area is 178 Å². The molecule has 31 heavy (non-hydrogen) atoms. The number of benzene rings is 1. The molecule has 0 aliphatic carbocycles. The summed E-state index contributed by atoms with van der Waals surface area (Å²) in [5.74, 6) is -0.624. The van der Waals surface area contributed by atoms with Crippen molar-refractivity contribution >= 4 is 28.5 Å². The van der Waals surface area contributed by atoms with Crippen LogP contribution in [0, 0.1) is 0 Å². The highest BCUT2D eigenvalue weighted by molar-refractivity contribution is 7.90. The Kier molecular flexibility index (Phi) is 5.54. The first-order valence-electron chi connectivity index (χ1n) is 9.08. The van der Waals surface area contributed by atoms with Gasteiger partial charge >= 0.3 is 11.3 Å². The number of halogens is 3. The molecule has 1 unspecified atom stereocenters. The van der Waals surface area contributed by atoms with Crippen molar-refractivity contribution in [2.24, 2.45) is 0 Å². The molecular formula is C20H16F3N5O2S. The van der Waals surface area contributed by atoms with E-state index in [0.29, 0.717) is 18.8 Å². The SMILES string of the molecule is C[S+]([O-])c1ncc2c(n1)CN(c1ccnc(C(=O)Nc3cccc(C(F)(F)F)c3)c1)C2. The molecule has 0 bridgehead atoms. The minimum absolute atomic E-state index is 0.0241. The first-order valence-corrected chi connectivity index (χ1v) is 10.6. The highest BCUT2D eigenvalue weighted by Gasteiger charge is 2.30. The van der Waals surface area contributed by atoms with Gasteiger partial charge in [0.05, 0.1) is 17.8 Å². The molecule has 4 rings (SSSR count). The van der Waals surface area contributed by atoms with Crippen LogP contribution in [0.2, 0.25) is 0 Å². The van der Waals surface area contributed by atoms with E-state index in [9.17, 15) is 22.5 Å². The second-order valence-electron chi connectivity index (χ2n) is 6.87. The molecule has 3 heterocycles. The minimum atomic E-state index is -4.50. The van der Waals surface area contributed by atoms with Crippen molar-refractivity contribution in [3.8, 4) is 0 Å². The predicted octanol–water partition coefficient (Wildman–Crippen LogP) is 3.40. The highest BCUT2D eigenvalue weighted by Crippen LogP contribution is 2.31. The predicted molar refractivity (Wildman–Crippen MR) is 108 cm³/mol. The number of amides is 1. The van der Waals surface area contributed by atoms with Gasteiger partial charge in [-0.1, -0.05) is 6.07 Å². The second kappa shape index (κ2) is 8.16.